The van der Waals surface area contributed by atoms with E-state index in [4.69, 9.17) is 0 Å². The molecule has 0 N–H and O–H groups in total. The Balaban J connectivity index is 2.11. The molecule has 0 bridgehead atoms. The first-order valence-electron chi connectivity index (χ1n) is 7.37. The molecule has 3 aromatic rings. The Morgan fingerprint density at radius 2 is 1.43 bits per heavy atom. The topological polar surface area (TPSA) is 4.93 Å². The minimum Gasteiger partial charge on any atom is -0.309 e. The number of benzene rings is 2. The van der Waals surface area contributed by atoms with Crippen molar-refractivity contribution >= 4 is 27.5 Å². The van der Waals surface area contributed by atoms with E-state index in [-0.39, 0.29) is 0 Å². The molecule has 2 aromatic carbocycles. The molecule has 0 amide bonds. The van der Waals surface area contributed by atoms with E-state index in [0.29, 0.717) is 0 Å². The lowest BCUT2D eigenvalue weighted by Crippen LogP contribution is -1.93. The summed E-state index contributed by atoms with van der Waals surface area (Å²) in [6.45, 7) is 2.18. The SMILES string of the molecule is CC1=CC=C(n2c3ccccc3c3ccccc32)C=CC1. The van der Waals surface area contributed by atoms with Crippen molar-refractivity contribution in [2.45, 2.75) is 13.3 Å². The zero-order valence-electron chi connectivity index (χ0n) is 12.1. The number of allylic oxidation sites excluding steroid dienone is 6. The van der Waals surface area contributed by atoms with Gasteiger partial charge in [-0.15, -0.1) is 0 Å². The summed E-state index contributed by atoms with van der Waals surface area (Å²) in [5.41, 5.74) is 5.15. The minimum absolute atomic E-state index is 1.02. The Hall–Kier alpha value is -2.54. The molecule has 1 heterocycles. The highest BCUT2D eigenvalue weighted by Crippen LogP contribution is 2.32. The van der Waals surface area contributed by atoms with Crippen LogP contribution in [0.25, 0.3) is 27.5 Å². The second-order valence-electron chi connectivity index (χ2n) is 5.58. The number of para-hydroxylation sites is 2. The monoisotopic (exact) mass is 271 g/mol. The van der Waals surface area contributed by atoms with Crippen LogP contribution in [-0.4, -0.2) is 4.57 Å². The van der Waals surface area contributed by atoms with Crippen LogP contribution >= 0.6 is 0 Å². The fraction of sp³-hybridized carbons (Fsp3) is 0.100. The lowest BCUT2D eigenvalue weighted by Gasteiger charge is -2.07. The highest BCUT2D eigenvalue weighted by molar-refractivity contribution is 6.10. The van der Waals surface area contributed by atoms with Gasteiger partial charge in [-0.25, -0.2) is 0 Å². The van der Waals surface area contributed by atoms with Gasteiger partial charge >= 0.3 is 0 Å². The molecular weight excluding hydrogens is 254 g/mol. The summed E-state index contributed by atoms with van der Waals surface area (Å²) in [5.74, 6) is 0. The van der Waals surface area contributed by atoms with Gasteiger partial charge in [0, 0.05) is 16.5 Å². The van der Waals surface area contributed by atoms with E-state index in [9.17, 15) is 0 Å². The molecule has 1 nitrogen and oxygen atoms in total. The molecule has 0 fully saturated rings. The van der Waals surface area contributed by atoms with E-state index >= 15 is 0 Å². The van der Waals surface area contributed by atoms with Gasteiger partial charge in [0.1, 0.15) is 0 Å². The largest absolute Gasteiger partial charge is 0.309 e. The number of hydrogen-bond donors (Lipinski definition) is 0. The van der Waals surface area contributed by atoms with Crippen LogP contribution in [0.1, 0.15) is 13.3 Å². The molecule has 0 spiro atoms. The maximum atomic E-state index is 2.36. The molecule has 1 aliphatic rings. The van der Waals surface area contributed by atoms with Crippen molar-refractivity contribution in [2.75, 3.05) is 0 Å². The molecule has 1 aliphatic carbocycles. The van der Waals surface area contributed by atoms with Gasteiger partial charge in [-0.05, 0) is 37.6 Å². The van der Waals surface area contributed by atoms with Gasteiger partial charge in [-0.2, -0.15) is 0 Å². The van der Waals surface area contributed by atoms with Gasteiger partial charge in [-0.3, -0.25) is 0 Å². The molecule has 0 unspecified atom stereocenters. The van der Waals surface area contributed by atoms with E-state index in [1.54, 1.807) is 0 Å². The zero-order valence-corrected chi connectivity index (χ0v) is 12.1. The van der Waals surface area contributed by atoms with E-state index in [1.807, 2.05) is 0 Å². The summed E-state index contributed by atoms with van der Waals surface area (Å²) >= 11 is 0. The van der Waals surface area contributed by atoms with Crippen LogP contribution in [0.5, 0.6) is 0 Å². The molecule has 0 saturated heterocycles. The average Bonchev–Trinajstić information content (AvgIpc) is 2.70. The molecular formula is C20H17N. The third kappa shape index (κ3) is 1.93. The van der Waals surface area contributed by atoms with Crippen molar-refractivity contribution in [1.82, 2.24) is 4.57 Å². The highest BCUT2D eigenvalue weighted by Gasteiger charge is 2.11. The van der Waals surface area contributed by atoms with Crippen molar-refractivity contribution in [3.05, 3.63) is 78.4 Å². The summed E-state index contributed by atoms with van der Waals surface area (Å²) < 4.78 is 2.36. The smallest absolute Gasteiger partial charge is 0.0541 e. The standard InChI is InChI=1S/C20H17N/c1-15-7-6-8-16(14-13-15)21-19-11-4-2-9-17(19)18-10-3-5-12-20(18)21/h2-6,8-14H,7H2,1H3. The predicted octanol–water partition coefficient (Wildman–Crippen LogP) is 5.54. The first-order chi connectivity index (χ1) is 10.3. The molecule has 0 radical (unpaired) electrons. The van der Waals surface area contributed by atoms with Gasteiger partial charge in [0.2, 0.25) is 0 Å². The molecule has 21 heavy (non-hydrogen) atoms. The number of rotatable bonds is 1. The average molecular weight is 271 g/mol. The summed E-state index contributed by atoms with van der Waals surface area (Å²) in [4.78, 5) is 0. The molecule has 1 heteroatoms. The Bertz CT molecular complexity index is 866. The lowest BCUT2D eigenvalue weighted by atomic mass is 10.2. The normalized spacial score (nSPS) is 15.1. The first kappa shape index (κ1) is 12.2. The second kappa shape index (κ2) is 4.78. The van der Waals surface area contributed by atoms with Crippen molar-refractivity contribution in [1.29, 1.82) is 0 Å². The first-order valence-corrected chi connectivity index (χ1v) is 7.37. The number of nitrogens with zero attached hydrogens (tertiary/aromatic N) is 1. The van der Waals surface area contributed by atoms with Gasteiger partial charge in [0.25, 0.3) is 0 Å². The molecule has 0 saturated carbocycles. The van der Waals surface area contributed by atoms with E-state index in [0.717, 1.165) is 6.42 Å². The number of aromatic nitrogens is 1. The fourth-order valence-corrected chi connectivity index (χ4v) is 3.07. The fourth-order valence-electron chi connectivity index (χ4n) is 3.07. The zero-order chi connectivity index (χ0) is 14.2. The Kier molecular flexibility index (Phi) is 2.78. The maximum absolute atomic E-state index is 2.36. The summed E-state index contributed by atoms with van der Waals surface area (Å²) in [6.07, 6.45) is 9.94. The second-order valence-corrected chi connectivity index (χ2v) is 5.58. The number of hydrogen-bond acceptors (Lipinski definition) is 0. The van der Waals surface area contributed by atoms with E-state index < -0.39 is 0 Å². The van der Waals surface area contributed by atoms with E-state index in [1.165, 1.54) is 33.1 Å². The van der Waals surface area contributed by atoms with Crippen LogP contribution in [0.2, 0.25) is 0 Å². The molecule has 102 valence electrons. The third-order valence-electron chi connectivity index (χ3n) is 4.11. The predicted molar refractivity (Wildman–Crippen MR) is 91.2 cm³/mol. The number of fused-ring (bicyclic) bond motifs is 3. The maximum Gasteiger partial charge on any atom is 0.0541 e. The molecule has 0 atom stereocenters. The summed E-state index contributed by atoms with van der Waals surface area (Å²) in [6, 6.07) is 17.3. The molecule has 4 rings (SSSR count). The van der Waals surface area contributed by atoms with Crippen LogP contribution in [-0.2, 0) is 0 Å². The van der Waals surface area contributed by atoms with Crippen molar-refractivity contribution in [2.24, 2.45) is 0 Å². The van der Waals surface area contributed by atoms with Crippen molar-refractivity contribution in [3.63, 3.8) is 0 Å². The Morgan fingerprint density at radius 3 is 2.10 bits per heavy atom. The van der Waals surface area contributed by atoms with Crippen LogP contribution in [0.15, 0.2) is 78.4 Å². The van der Waals surface area contributed by atoms with Gasteiger partial charge in [0.15, 0.2) is 0 Å². The third-order valence-corrected chi connectivity index (χ3v) is 4.11. The minimum atomic E-state index is 1.02. The summed E-state index contributed by atoms with van der Waals surface area (Å²) in [7, 11) is 0. The van der Waals surface area contributed by atoms with E-state index in [2.05, 4.69) is 84.3 Å². The van der Waals surface area contributed by atoms with Crippen LogP contribution in [0, 0.1) is 0 Å². The Morgan fingerprint density at radius 1 is 0.810 bits per heavy atom. The molecule has 0 aliphatic heterocycles. The van der Waals surface area contributed by atoms with Crippen LogP contribution < -0.4 is 0 Å². The Labute approximate surface area is 124 Å². The van der Waals surface area contributed by atoms with Gasteiger partial charge in [0.05, 0.1) is 11.0 Å². The van der Waals surface area contributed by atoms with Crippen LogP contribution in [0.4, 0.5) is 0 Å². The molecule has 1 aromatic heterocycles. The quantitative estimate of drug-likeness (QED) is 0.547. The summed E-state index contributed by atoms with van der Waals surface area (Å²) in [5, 5.41) is 2.62. The van der Waals surface area contributed by atoms with Crippen LogP contribution in [0.3, 0.4) is 0 Å². The lowest BCUT2D eigenvalue weighted by molar-refractivity contribution is 1.21. The van der Waals surface area contributed by atoms with Crippen molar-refractivity contribution in [3.8, 4) is 0 Å². The van der Waals surface area contributed by atoms with Gasteiger partial charge < -0.3 is 4.57 Å². The van der Waals surface area contributed by atoms with Crippen molar-refractivity contribution < 1.29 is 0 Å². The highest BCUT2D eigenvalue weighted by atomic mass is 15.0. The van der Waals surface area contributed by atoms with Gasteiger partial charge in [-0.1, -0.05) is 54.1 Å².